The van der Waals surface area contributed by atoms with Crippen LogP contribution < -0.4 is 0 Å². The van der Waals surface area contributed by atoms with Gasteiger partial charge in [0, 0.05) is 27.9 Å². The molecule has 2 aromatic carbocycles. The quantitative estimate of drug-likeness (QED) is 0.597. The van der Waals surface area contributed by atoms with Crippen LogP contribution in [0.1, 0.15) is 18.9 Å². The highest BCUT2D eigenvalue weighted by Gasteiger charge is 2.16. The number of halogens is 2. The molecule has 1 aromatic heterocycles. The lowest BCUT2D eigenvalue weighted by Gasteiger charge is -2.08. The summed E-state index contributed by atoms with van der Waals surface area (Å²) in [7, 11) is 0. The molecule has 0 fully saturated rings. The zero-order valence-electron chi connectivity index (χ0n) is 13.2. The van der Waals surface area contributed by atoms with Gasteiger partial charge in [0.15, 0.2) is 0 Å². The lowest BCUT2D eigenvalue weighted by atomic mass is 10.0. The third kappa shape index (κ3) is 3.42. The second kappa shape index (κ2) is 7.29. The van der Waals surface area contributed by atoms with Gasteiger partial charge in [0.1, 0.15) is 0 Å². The third-order valence-electron chi connectivity index (χ3n) is 3.90. The van der Waals surface area contributed by atoms with Crippen molar-refractivity contribution in [1.82, 2.24) is 4.98 Å². The summed E-state index contributed by atoms with van der Waals surface area (Å²) in [4.78, 5) is 15.2. The van der Waals surface area contributed by atoms with Crippen LogP contribution >= 0.6 is 23.2 Å². The van der Waals surface area contributed by atoms with Gasteiger partial charge in [-0.3, -0.25) is 4.79 Å². The van der Waals surface area contributed by atoms with Gasteiger partial charge < -0.3 is 9.72 Å². The van der Waals surface area contributed by atoms with Crippen LogP contribution in [-0.4, -0.2) is 17.6 Å². The Balaban J connectivity index is 2.06. The molecule has 124 valence electrons. The monoisotopic (exact) mass is 361 g/mol. The second-order valence-electron chi connectivity index (χ2n) is 5.45. The van der Waals surface area contributed by atoms with E-state index in [1.54, 1.807) is 6.07 Å². The summed E-state index contributed by atoms with van der Waals surface area (Å²) in [5.74, 6) is -0.198. The van der Waals surface area contributed by atoms with Gasteiger partial charge in [0.2, 0.25) is 0 Å². The van der Waals surface area contributed by atoms with Crippen molar-refractivity contribution in [3.63, 3.8) is 0 Å². The van der Waals surface area contributed by atoms with Crippen molar-refractivity contribution in [1.29, 1.82) is 0 Å². The first-order valence-electron chi connectivity index (χ1n) is 7.80. The lowest BCUT2D eigenvalue weighted by Crippen LogP contribution is -2.05. The number of hydrogen-bond acceptors (Lipinski definition) is 2. The number of esters is 1. The van der Waals surface area contributed by atoms with Gasteiger partial charge in [0.25, 0.3) is 0 Å². The van der Waals surface area contributed by atoms with Crippen LogP contribution in [0.5, 0.6) is 0 Å². The number of para-hydroxylation sites is 1. The molecule has 0 aliphatic carbocycles. The standard InChI is InChI=1S/C19H17Cl2NO2/c1-2-24-18(23)10-9-14-13-5-3-4-6-17(13)22-19(14)15-8-7-12(20)11-16(15)21/h3-8,11,22H,2,9-10H2,1H3. The molecular formula is C19H17Cl2NO2. The molecule has 3 nitrogen and oxygen atoms in total. The minimum Gasteiger partial charge on any atom is -0.466 e. The predicted octanol–water partition coefficient (Wildman–Crippen LogP) is 5.64. The maximum absolute atomic E-state index is 11.8. The Bertz CT molecular complexity index is 886. The summed E-state index contributed by atoms with van der Waals surface area (Å²) in [6, 6.07) is 13.4. The van der Waals surface area contributed by atoms with E-state index in [-0.39, 0.29) is 5.97 Å². The van der Waals surface area contributed by atoms with Crippen molar-refractivity contribution >= 4 is 40.1 Å². The molecule has 1 N–H and O–H groups in total. The Morgan fingerprint density at radius 1 is 1.17 bits per heavy atom. The average molecular weight is 362 g/mol. The lowest BCUT2D eigenvalue weighted by molar-refractivity contribution is -0.143. The van der Waals surface area contributed by atoms with E-state index in [2.05, 4.69) is 4.98 Å². The fourth-order valence-corrected chi connectivity index (χ4v) is 3.35. The van der Waals surface area contributed by atoms with Crippen molar-refractivity contribution in [2.24, 2.45) is 0 Å². The average Bonchev–Trinajstić information content (AvgIpc) is 2.91. The Kier molecular flexibility index (Phi) is 5.12. The molecule has 3 rings (SSSR count). The maximum atomic E-state index is 11.8. The highest BCUT2D eigenvalue weighted by molar-refractivity contribution is 6.36. The van der Waals surface area contributed by atoms with E-state index in [9.17, 15) is 4.79 Å². The smallest absolute Gasteiger partial charge is 0.306 e. The minimum atomic E-state index is -0.198. The molecule has 3 aromatic rings. The number of carbonyl (C=O) groups excluding carboxylic acids is 1. The molecule has 0 amide bonds. The summed E-state index contributed by atoms with van der Waals surface area (Å²) in [6.45, 7) is 2.20. The first-order valence-corrected chi connectivity index (χ1v) is 8.56. The van der Waals surface area contributed by atoms with E-state index in [4.69, 9.17) is 27.9 Å². The number of fused-ring (bicyclic) bond motifs is 1. The van der Waals surface area contributed by atoms with E-state index in [1.807, 2.05) is 43.3 Å². The molecule has 0 unspecified atom stereocenters. The zero-order chi connectivity index (χ0) is 17.1. The molecule has 0 radical (unpaired) electrons. The number of benzene rings is 2. The molecule has 0 saturated carbocycles. The molecule has 1 heterocycles. The number of H-pyrrole nitrogens is 1. The van der Waals surface area contributed by atoms with Crippen molar-refractivity contribution in [2.45, 2.75) is 19.8 Å². The number of aryl methyl sites for hydroxylation is 1. The first kappa shape index (κ1) is 16.9. The van der Waals surface area contributed by atoms with Crippen LogP contribution in [0.2, 0.25) is 10.0 Å². The summed E-state index contributed by atoms with van der Waals surface area (Å²) in [5, 5.41) is 2.25. The number of nitrogens with one attached hydrogen (secondary N) is 1. The van der Waals surface area contributed by atoms with Gasteiger partial charge >= 0.3 is 5.97 Å². The van der Waals surface area contributed by atoms with Gasteiger partial charge in [0.05, 0.1) is 17.3 Å². The second-order valence-corrected chi connectivity index (χ2v) is 6.30. The summed E-state index contributed by atoms with van der Waals surface area (Å²) >= 11 is 12.4. The Hall–Kier alpha value is -1.97. The maximum Gasteiger partial charge on any atom is 0.306 e. The van der Waals surface area contributed by atoms with Crippen molar-refractivity contribution < 1.29 is 9.53 Å². The van der Waals surface area contributed by atoms with E-state index < -0.39 is 0 Å². The van der Waals surface area contributed by atoms with Crippen LogP contribution in [0.25, 0.3) is 22.2 Å². The van der Waals surface area contributed by atoms with Gasteiger partial charge in [-0.25, -0.2) is 0 Å². The largest absolute Gasteiger partial charge is 0.466 e. The SMILES string of the molecule is CCOC(=O)CCc1c(-c2ccc(Cl)cc2Cl)[nH]c2ccccc12. The first-order chi connectivity index (χ1) is 11.6. The number of rotatable bonds is 5. The fraction of sp³-hybridized carbons (Fsp3) is 0.211. The third-order valence-corrected chi connectivity index (χ3v) is 4.45. The molecule has 24 heavy (non-hydrogen) atoms. The Morgan fingerprint density at radius 3 is 2.71 bits per heavy atom. The number of ether oxygens (including phenoxy) is 1. The van der Waals surface area contributed by atoms with Crippen LogP contribution in [0.15, 0.2) is 42.5 Å². The summed E-state index contributed by atoms with van der Waals surface area (Å²) in [6.07, 6.45) is 0.908. The summed E-state index contributed by atoms with van der Waals surface area (Å²) < 4.78 is 5.04. The summed E-state index contributed by atoms with van der Waals surface area (Å²) in [5.41, 5.74) is 3.86. The van der Waals surface area contributed by atoms with E-state index >= 15 is 0 Å². The van der Waals surface area contributed by atoms with Crippen molar-refractivity contribution in [3.05, 3.63) is 58.1 Å². The number of aromatic nitrogens is 1. The minimum absolute atomic E-state index is 0.198. The van der Waals surface area contributed by atoms with Crippen molar-refractivity contribution in [2.75, 3.05) is 6.61 Å². The molecule has 0 atom stereocenters. The molecule has 0 aliphatic rings. The molecular weight excluding hydrogens is 345 g/mol. The topological polar surface area (TPSA) is 42.1 Å². The normalized spacial score (nSPS) is 11.0. The van der Waals surface area contributed by atoms with Crippen LogP contribution in [0.4, 0.5) is 0 Å². The van der Waals surface area contributed by atoms with Crippen LogP contribution in [0, 0.1) is 0 Å². The Labute approximate surface area is 150 Å². The number of hydrogen-bond donors (Lipinski definition) is 1. The molecule has 0 spiro atoms. The van der Waals surface area contributed by atoms with E-state index in [0.717, 1.165) is 27.7 Å². The Morgan fingerprint density at radius 2 is 1.96 bits per heavy atom. The van der Waals surface area contributed by atoms with Gasteiger partial charge in [-0.1, -0.05) is 41.4 Å². The highest BCUT2D eigenvalue weighted by atomic mass is 35.5. The molecule has 5 heteroatoms. The van der Waals surface area contributed by atoms with Crippen LogP contribution in [0.3, 0.4) is 0 Å². The predicted molar refractivity (Wildman–Crippen MR) is 98.7 cm³/mol. The molecule has 0 bridgehead atoms. The van der Waals surface area contributed by atoms with E-state index in [1.165, 1.54) is 0 Å². The van der Waals surface area contributed by atoms with Gasteiger partial charge in [-0.05, 0) is 43.2 Å². The van der Waals surface area contributed by atoms with Gasteiger partial charge in [-0.2, -0.15) is 0 Å². The molecule has 0 saturated heterocycles. The molecule has 0 aliphatic heterocycles. The van der Waals surface area contributed by atoms with Crippen LogP contribution in [-0.2, 0) is 16.0 Å². The zero-order valence-corrected chi connectivity index (χ0v) is 14.7. The van der Waals surface area contributed by atoms with Gasteiger partial charge in [-0.15, -0.1) is 0 Å². The highest BCUT2D eigenvalue weighted by Crippen LogP contribution is 2.36. The number of carbonyl (C=O) groups is 1. The number of aromatic amines is 1. The van der Waals surface area contributed by atoms with Crippen molar-refractivity contribution in [3.8, 4) is 11.3 Å². The fourth-order valence-electron chi connectivity index (χ4n) is 2.84. The van der Waals surface area contributed by atoms with E-state index in [0.29, 0.717) is 29.5 Å².